The van der Waals surface area contributed by atoms with E-state index >= 15 is 0 Å². The number of rotatable bonds is 4. The predicted molar refractivity (Wildman–Crippen MR) is 126 cm³/mol. The van der Waals surface area contributed by atoms with Crippen LogP contribution in [0.5, 0.6) is 0 Å². The molecule has 0 radical (unpaired) electrons. The van der Waals surface area contributed by atoms with Gasteiger partial charge in [-0.1, -0.05) is 0 Å². The van der Waals surface area contributed by atoms with Crippen LogP contribution in [0.4, 0.5) is 5.95 Å². The summed E-state index contributed by atoms with van der Waals surface area (Å²) in [5.41, 5.74) is 4.97. The van der Waals surface area contributed by atoms with E-state index < -0.39 is 0 Å². The van der Waals surface area contributed by atoms with E-state index in [1.807, 2.05) is 33.2 Å². The smallest absolute Gasteiger partial charge is 0.228 e. The molecule has 1 aliphatic carbocycles. The van der Waals surface area contributed by atoms with E-state index in [0.29, 0.717) is 36.2 Å². The number of ether oxygens (including phenoxy) is 1. The van der Waals surface area contributed by atoms with Gasteiger partial charge in [-0.15, -0.1) is 11.3 Å². The summed E-state index contributed by atoms with van der Waals surface area (Å²) in [6, 6.07) is 0.551. The molecular weight excluding hydrogens is 436 g/mol. The van der Waals surface area contributed by atoms with E-state index in [1.165, 1.54) is 12.8 Å². The summed E-state index contributed by atoms with van der Waals surface area (Å²) in [7, 11) is 0. The third-order valence-electron chi connectivity index (χ3n) is 6.24. The average molecular weight is 463 g/mol. The van der Waals surface area contributed by atoms with Gasteiger partial charge in [0.25, 0.3) is 0 Å². The standard InChI is InChI=1S/C23H26N8OS/c1-12-9-30(11-18(32-12)16-7-25-31(10-16)17-5-6-17)23-28-20(19-8-24-15(4)33-19)21-22(29-23)27-14(3)13(2)26-21/h7-8,10,12,17-18H,5-6,9,11H2,1-4H3/t12-,18-/m1/s1. The van der Waals surface area contributed by atoms with Crippen molar-refractivity contribution in [1.29, 1.82) is 0 Å². The molecule has 5 heterocycles. The van der Waals surface area contributed by atoms with Gasteiger partial charge in [0.05, 0.1) is 46.2 Å². The number of aromatic nitrogens is 7. The topological polar surface area (TPSA) is 94.7 Å². The van der Waals surface area contributed by atoms with Crippen molar-refractivity contribution in [3.63, 3.8) is 0 Å². The van der Waals surface area contributed by atoms with Crippen molar-refractivity contribution in [2.45, 2.75) is 58.8 Å². The van der Waals surface area contributed by atoms with Crippen LogP contribution in [0.2, 0.25) is 0 Å². The summed E-state index contributed by atoms with van der Waals surface area (Å²) >= 11 is 1.61. The fourth-order valence-corrected chi connectivity index (χ4v) is 5.01. The van der Waals surface area contributed by atoms with Gasteiger partial charge in [0.2, 0.25) is 5.95 Å². The lowest BCUT2D eigenvalue weighted by Gasteiger charge is -2.36. The predicted octanol–water partition coefficient (Wildman–Crippen LogP) is 3.97. The lowest BCUT2D eigenvalue weighted by Crippen LogP contribution is -2.43. The van der Waals surface area contributed by atoms with Gasteiger partial charge in [0.15, 0.2) is 5.65 Å². The Morgan fingerprint density at radius 1 is 1.00 bits per heavy atom. The maximum atomic E-state index is 6.29. The fourth-order valence-electron chi connectivity index (χ4n) is 4.24. The zero-order valence-electron chi connectivity index (χ0n) is 19.2. The van der Waals surface area contributed by atoms with Crippen molar-refractivity contribution in [3.05, 3.63) is 40.5 Å². The van der Waals surface area contributed by atoms with E-state index in [0.717, 1.165) is 32.5 Å². The van der Waals surface area contributed by atoms with Crippen LogP contribution in [-0.4, -0.2) is 53.9 Å². The largest absolute Gasteiger partial charge is 0.367 e. The molecule has 1 saturated heterocycles. The van der Waals surface area contributed by atoms with E-state index in [9.17, 15) is 0 Å². The first-order chi connectivity index (χ1) is 15.9. The van der Waals surface area contributed by atoms with Crippen LogP contribution in [0, 0.1) is 20.8 Å². The summed E-state index contributed by atoms with van der Waals surface area (Å²) in [4.78, 5) is 27.0. The Morgan fingerprint density at radius 2 is 1.82 bits per heavy atom. The number of nitrogens with zero attached hydrogens (tertiary/aromatic N) is 8. The molecule has 2 fully saturated rings. The van der Waals surface area contributed by atoms with Crippen molar-refractivity contribution in [3.8, 4) is 10.6 Å². The quantitative estimate of drug-likeness (QED) is 0.450. The van der Waals surface area contributed by atoms with Crippen LogP contribution >= 0.6 is 11.3 Å². The summed E-state index contributed by atoms with van der Waals surface area (Å²) in [5.74, 6) is 0.649. The van der Waals surface area contributed by atoms with Crippen LogP contribution in [-0.2, 0) is 4.74 Å². The molecule has 0 spiro atoms. The molecule has 0 aromatic carbocycles. The van der Waals surface area contributed by atoms with Crippen LogP contribution in [0.1, 0.15) is 53.9 Å². The second kappa shape index (κ2) is 7.81. The molecule has 2 aliphatic rings. The van der Waals surface area contributed by atoms with Gasteiger partial charge in [0, 0.05) is 24.5 Å². The molecule has 10 heteroatoms. The lowest BCUT2D eigenvalue weighted by molar-refractivity contribution is -0.0178. The summed E-state index contributed by atoms with van der Waals surface area (Å²) < 4.78 is 8.36. The van der Waals surface area contributed by atoms with Gasteiger partial charge in [-0.05, 0) is 40.5 Å². The molecule has 1 saturated carbocycles. The van der Waals surface area contributed by atoms with Crippen molar-refractivity contribution >= 4 is 28.4 Å². The number of thiazole rings is 1. The second-order valence-corrected chi connectivity index (χ2v) is 10.2. The number of morpholine rings is 1. The minimum Gasteiger partial charge on any atom is -0.367 e. The van der Waals surface area contributed by atoms with Crippen LogP contribution < -0.4 is 4.90 Å². The van der Waals surface area contributed by atoms with Gasteiger partial charge >= 0.3 is 0 Å². The Morgan fingerprint density at radius 3 is 2.58 bits per heavy atom. The van der Waals surface area contributed by atoms with E-state index in [4.69, 9.17) is 24.7 Å². The zero-order valence-corrected chi connectivity index (χ0v) is 20.0. The molecule has 4 aromatic rings. The maximum Gasteiger partial charge on any atom is 0.228 e. The number of aryl methyl sites for hydroxylation is 3. The van der Waals surface area contributed by atoms with Crippen LogP contribution in [0.15, 0.2) is 18.6 Å². The van der Waals surface area contributed by atoms with Gasteiger partial charge in [0.1, 0.15) is 17.3 Å². The highest BCUT2D eigenvalue weighted by molar-refractivity contribution is 7.15. The molecule has 33 heavy (non-hydrogen) atoms. The van der Waals surface area contributed by atoms with E-state index in [-0.39, 0.29) is 12.2 Å². The third kappa shape index (κ3) is 3.87. The highest BCUT2D eigenvalue weighted by Crippen LogP contribution is 2.36. The van der Waals surface area contributed by atoms with Gasteiger partial charge < -0.3 is 9.64 Å². The Kier molecular flexibility index (Phi) is 4.88. The van der Waals surface area contributed by atoms with Crippen molar-refractivity contribution in [2.24, 2.45) is 0 Å². The van der Waals surface area contributed by atoms with Crippen LogP contribution in [0.3, 0.4) is 0 Å². The molecule has 0 bridgehead atoms. The lowest BCUT2D eigenvalue weighted by atomic mass is 10.1. The summed E-state index contributed by atoms with van der Waals surface area (Å²) in [6.45, 7) is 9.38. The first-order valence-corrected chi connectivity index (χ1v) is 12.2. The number of hydrogen-bond donors (Lipinski definition) is 0. The van der Waals surface area contributed by atoms with Gasteiger partial charge in [-0.2, -0.15) is 10.1 Å². The molecular formula is C23H26N8OS. The molecule has 9 nitrogen and oxygen atoms in total. The molecule has 1 aliphatic heterocycles. The Labute approximate surface area is 195 Å². The number of anilines is 1. The zero-order chi connectivity index (χ0) is 22.7. The molecule has 6 rings (SSSR count). The monoisotopic (exact) mass is 462 g/mol. The summed E-state index contributed by atoms with van der Waals surface area (Å²) in [6.07, 6.45) is 8.29. The first kappa shape index (κ1) is 20.6. The van der Waals surface area contributed by atoms with Crippen molar-refractivity contribution in [2.75, 3.05) is 18.0 Å². The van der Waals surface area contributed by atoms with Crippen molar-refractivity contribution < 1.29 is 4.74 Å². The average Bonchev–Trinajstić information content (AvgIpc) is 3.35. The number of fused-ring (bicyclic) bond motifs is 1. The van der Waals surface area contributed by atoms with Crippen LogP contribution in [0.25, 0.3) is 21.7 Å². The van der Waals surface area contributed by atoms with Gasteiger partial charge in [-0.25, -0.2) is 19.9 Å². The Balaban J connectivity index is 1.41. The first-order valence-electron chi connectivity index (χ1n) is 11.3. The molecule has 0 amide bonds. The second-order valence-electron chi connectivity index (χ2n) is 9.01. The van der Waals surface area contributed by atoms with Crippen molar-refractivity contribution in [1.82, 2.24) is 34.7 Å². The van der Waals surface area contributed by atoms with Gasteiger partial charge in [-0.3, -0.25) is 4.68 Å². The molecule has 4 aromatic heterocycles. The Bertz CT molecular complexity index is 1340. The third-order valence-corrected chi connectivity index (χ3v) is 7.16. The minimum absolute atomic E-state index is 0.0345. The maximum absolute atomic E-state index is 6.29. The summed E-state index contributed by atoms with van der Waals surface area (Å²) in [5, 5.41) is 5.54. The minimum atomic E-state index is -0.0829. The molecule has 170 valence electrons. The molecule has 0 unspecified atom stereocenters. The fraction of sp³-hybridized carbons (Fsp3) is 0.478. The highest BCUT2D eigenvalue weighted by atomic mass is 32.1. The highest BCUT2D eigenvalue weighted by Gasteiger charge is 2.31. The molecule has 0 N–H and O–H groups in total. The molecule has 2 atom stereocenters. The normalized spacial score (nSPS) is 21.2. The SMILES string of the molecule is Cc1ncc(-c2nc(N3C[C@@H](C)O[C@@H](c4cnn(C5CC5)c4)C3)nc3nc(C)c(C)nc23)s1. The van der Waals surface area contributed by atoms with E-state index in [2.05, 4.69) is 32.8 Å². The number of hydrogen-bond acceptors (Lipinski definition) is 9. The van der Waals surface area contributed by atoms with E-state index in [1.54, 1.807) is 11.3 Å². The Hall–Kier alpha value is -2.98.